The Kier molecular flexibility index (Phi) is 5.43. The predicted octanol–water partition coefficient (Wildman–Crippen LogP) is 1.49. The number of hydrogen-bond donors (Lipinski definition) is 1. The Morgan fingerprint density at radius 3 is 2.67 bits per heavy atom. The summed E-state index contributed by atoms with van der Waals surface area (Å²) in [4.78, 5) is 2.52. The maximum atomic E-state index is 12.8. The molecule has 1 saturated heterocycles. The third kappa shape index (κ3) is 3.65. The number of hydrogen-bond acceptors (Lipinski definition) is 4. The molecule has 0 amide bonds. The Hall–Kier alpha value is -0.470. The largest absolute Gasteiger partial charge is 0.316 e. The van der Waals surface area contributed by atoms with Crippen LogP contribution in [0.1, 0.15) is 12.5 Å². The highest BCUT2D eigenvalue weighted by Crippen LogP contribution is 2.27. The number of piperazine rings is 1. The molecule has 0 bridgehead atoms. The van der Waals surface area contributed by atoms with Crippen LogP contribution in [0.3, 0.4) is 0 Å². The summed E-state index contributed by atoms with van der Waals surface area (Å²) in [6, 6.07) is 5.64. The Balaban J connectivity index is 2.27. The van der Waals surface area contributed by atoms with Gasteiger partial charge >= 0.3 is 0 Å². The van der Waals surface area contributed by atoms with Crippen molar-refractivity contribution in [3.8, 4) is 0 Å². The number of rotatable bonds is 4. The van der Waals surface area contributed by atoms with E-state index in [1.165, 1.54) is 0 Å². The normalized spacial score (nSPS) is 21.6. The van der Waals surface area contributed by atoms with Gasteiger partial charge in [-0.3, -0.25) is 0 Å². The summed E-state index contributed by atoms with van der Waals surface area (Å²) >= 11 is 3.40. The molecule has 0 spiro atoms. The fraction of sp³-hybridized carbons (Fsp3) is 0.571. The summed E-state index contributed by atoms with van der Waals surface area (Å²) in [6.07, 6.45) is 0. The molecule has 21 heavy (non-hydrogen) atoms. The molecule has 1 aliphatic rings. The average molecular weight is 376 g/mol. The van der Waals surface area contributed by atoms with Gasteiger partial charge in [-0.05, 0) is 54.6 Å². The minimum absolute atomic E-state index is 0.232. The lowest BCUT2D eigenvalue weighted by molar-refractivity contribution is 0.159. The first-order valence-electron chi connectivity index (χ1n) is 6.99. The number of nitrogens with zero attached hydrogens (tertiary/aromatic N) is 2. The molecule has 1 N–H and O–H groups in total. The van der Waals surface area contributed by atoms with Crippen molar-refractivity contribution in [2.75, 3.05) is 33.7 Å². The van der Waals surface area contributed by atoms with E-state index in [4.69, 9.17) is 0 Å². The molecule has 1 unspecified atom stereocenters. The molecule has 0 radical (unpaired) electrons. The van der Waals surface area contributed by atoms with Crippen molar-refractivity contribution in [2.24, 2.45) is 0 Å². The zero-order valence-corrected chi connectivity index (χ0v) is 15.0. The predicted molar refractivity (Wildman–Crippen MR) is 87.8 cm³/mol. The number of nitrogens with one attached hydrogen (secondary N) is 1. The van der Waals surface area contributed by atoms with E-state index in [-0.39, 0.29) is 6.04 Å². The van der Waals surface area contributed by atoms with E-state index in [1.807, 2.05) is 33.2 Å². The van der Waals surface area contributed by atoms with Gasteiger partial charge in [-0.2, -0.15) is 4.31 Å². The number of sulfonamides is 1. The highest BCUT2D eigenvalue weighted by Gasteiger charge is 2.31. The lowest BCUT2D eigenvalue weighted by atomic mass is 10.2. The second kappa shape index (κ2) is 6.75. The van der Waals surface area contributed by atoms with E-state index in [2.05, 4.69) is 26.1 Å². The summed E-state index contributed by atoms with van der Waals surface area (Å²) in [5.74, 6) is 0. The first-order valence-corrected chi connectivity index (χ1v) is 9.23. The van der Waals surface area contributed by atoms with Crippen LogP contribution in [-0.4, -0.2) is 57.4 Å². The van der Waals surface area contributed by atoms with Gasteiger partial charge in [0.25, 0.3) is 0 Å². The van der Waals surface area contributed by atoms with E-state index in [1.54, 1.807) is 10.4 Å². The van der Waals surface area contributed by atoms with Crippen molar-refractivity contribution in [1.82, 2.24) is 14.5 Å². The molecule has 1 aromatic carbocycles. The highest BCUT2D eigenvalue weighted by atomic mass is 79.9. The van der Waals surface area contributed by atoms with Gasteiger partial charge in [-0.25, -0.2) is 8.42 Å². The fourth-order valence-corrected chi connectivity index (χ4v) is 5.04. The van der Waals surface area contributed by atoms with Crippen molar-refractivity contribution >= 4 is 26.0 Å². The van der Waals surface area contributed by atoms with Gasteiger partial charge in [0.15, 0.2) is 0 Å². The zero-order valence-electron chi connectivity index (χ0n) is 12.6. The molecule has 2 rings (SSSR count). The molecule has 1 heterocycles. The molecule has 0 aromatic heterocycles. The highest BCUT2D eigenvalue weighted by molar-refractivity contribution is 9.10. The summed E-state index contributed by atoms with van der Waals surface area (Å²) < 4.78 is 27.8. The SMILES string of the molecule is CNCc1ccc(S(=O)(=O)N2CCN(C)C(C)C2)c(Br)c1. The Morgan fingerprint density at radius 1 is 1.38 bits per heavy atom. The first kappa shape index (κ1) is 16.9. The summed E-state index contributed by atoms with van der Waals surface area (Å²) in [5, 5.41) is 3.06. The minimum Gasteiger partial charge on any atom is -0.316 e. The van der Waals surface area contributed by atoms with Crippen LogP contribution >= 0.6 is 15.9 Å². The van der Waals surface area contributed by atoms with Crippen LogP contribution in [0, 0.1) is 0 Å². The van der Waals surface area contributed by atoms with Crippen LogP contribution in [0.5, 0.6) is 0 Å². The van der Waals surface area contributed by atoms with Crippen molar-refractivity contribution < 1.29 is 8.42 Å². The molecule has 7 heteroatoms. The zero-order chi connectivity index (χ0) is 15.6. The van der Waals surface area contributed by atoms with Crippen LogP contribution in [0.15, 0.2) is 27.6 Å². The number of benzene rings is 1. The van der Waals surface area contributed by atoms with Crippen molar-refractivity contribution in [2.45, 2.75) is 24.4 Å². The monoisotopic (exact) mass is 375 g/mol. The van der Waals surface area contributed by atoms with Gasteiger partial charge in [0, 0.05) is 36.7 Å². The molecule has 1 fully saturated rings. The summed E-state index contributed by atoms with van der Waals surface area (Å²) in [7, 11) is 0.449. The Bertz CT molecular complexity index is 606. The lowest BCUT2D eigenvalue weighted by Crippen LogP contribution is -2.51. The van der Waals surface area contributed by atoms with E-state index in [0.29, 0.717) is 29.0 Å². The van der Waals surface area contributed by atoms with E-state index >= 15 is 0 Å². The van der Waals surface area contributed by atoms with E-state index in [0.717, 1.165) is 12.1 Å². The van der Waals surface area contributed by atoms with Crippen molar-refractivity contribution in [3.05, 3.63) is 28.2 Å². The second-order valence-electron chi connectivity index (χ2n) is 5.49. The Labute approximate surface area is 135 Å². The molecule has 0 aliphatic carbocycles. The third-order valence-electron chi connectivity index (χ3n) is 3.92. The quantitative estimate of drug-likeness (QED) is 0.865. The molecule has 1 aromatic rings. The molecule has 5 nitrogen and oxygen atoms in total. The maximum absolute atomic E-state index is 12.8. The van der Waals surface area contributed by atoms with Gasteiger partial charge in [-0.1, -0.05) is 6.07 Å². The first-order chi connectivity index (χ1) is 9.86. The average Bonchev–Trinajstić information content (AvgIpc) is 2.42. The minimum atomic E-state index is -3.44. The van der Waals surface area contributed by atoms with Crippen LogP contribution in [0.4, 0.5) is 0 Å². The van der Waals surface area contributed by atoms with E-state index < -0.39 is 10.0 Å². The smallest absolute Gasteiger partial charge is 0.244 e. The van der Waals surface area contributed by atoms with Gasteiger partial charge in [0.1, 0.15) is 0 Å². The van der Waals surface area contributed by atoms with Crippen molar-refractivity contribution in [3.63, 3.8) is 0 Å². The molecular formula is C14H22BrN3O2S. The fourth-order valence-electron chi connectivity index (χ4n) is 2.44. The third-order valence-corrected chi connectivity index (χ3v) is 6.76. The van der Waals surface area contributed by atoms with Gasteiger partial charge in [0.2, 0.25) is 10.0 Å². The summed E-state index contributed by atoms with van der Waals surface area (Å²) in [6.45, 7) is 4.59. The van der Waals surface area contributed by atoms with Gasteiger partial charge in [0.05, 0.1) is 4.90 Å². The van der Waals surface area contributed by atoms with Crippen LogP contribution in [0.2, 0.25) is 0 Å². The van der Waals surface area contributed by atoms with Gasteiger partial charge in [-0.15, -0.1) is 0 Å². The summed E-state index contributed by atoms with van der Waals surface area (Å²) in [5.41, 5.74) is 1.05. The molecule has 118 valence electrons. The molecule has 1 atom stereocenters. The van der Waals surface area contributed by atoms with Crippen molar-refractivity contribution in [1.29, 1.82) is 0 Å². The molecule has 0 saturated carbocycles. The maximum Gasteiger partial charge on any atom is 0.244 e. The van der Waals surface area contributed by atoms with Crippen LogP contribution in [-0.2, 0) is 16.6 Å². The molecule has 1 aliphatic heterocycles. The molecular weight excluding hydrogens is 354 g/mol. The topological polar surface area (TPSA) is 52.7 Å². The second-order valence-corrected chi connectivity index (χ2v) is 8.25. The van der Waals surface area contributed by atoms with Crippen LogP contribution < -0.4 is 5.32 Å². The standard InChI is InChI=1S/C14H22BrN3O2S/c1-11-10-18(7-6-17(11)3)21(19,20)14-5-4-12(9-16-2)8-13(14)15/h4-5,8,11,16H,6-7,9-10H2,1-3H3. The lowest BCUT2D eigenvalue weighted by Gasteiger charge is -2.36. The Morgan fingerprint density at radius 2 is 2.10 bits per heavy atom. The number of halogens is 1. The van der Waals surface area contributed by atoms with Crippen LogP contribution in [0.25, 0.3) is 0 Å². The van der Waals surface area contributed by atoms with Gasteiger partial charge < -0.3 is 10.2 Å². The number of likely N-dealkylation sites (N-methyl/N-ethyl adjacent to an activating group) is 1. The van der Waals surface area contributed by atoms with E-state index in [9.17, 15) is 8.42 Å².